The molecule has 2 heterocycles. The van der Waals surface area contributed by atoms with Crippen LogP contribution in [-0.2, 0) is 5.54 Å². The molecule has 0 saturated heterocycles. The zero-order chi connectivity index (χ0) is 13.6. The van der Waals surface area contributed by atoms with E-state index >= 15 is 0 Å². The Bertz CT molecular complexity index is 646. The Labute approximate surface area is 117 Å². The summed E-state index contributed by atoms with van der Waals surface area (Å²) in [4.78, 5) is 7.73. The van der Waals surface area contributed by atoms with Gasteiger partial charge in [0.15, 0.2) is 11.5 Å². The SMILES string of the molecule is NC1(c2ncc(-c3ccc4c(c3)OCCCO4)[nH]2)CC1. The van der Waals surface area contributed by atoms with Crippen LogP contribution in [0.4, 0.5) is 0 Å². The molecule has 0 atom stereocenters. The molecule has 0 amide bonds. The van der Waals surface area contributed by atoms with Crippen LogP contribution in [0.2, 0.25) is 0 Å². The van der Waals surface area contributed by atoms with Gasteiger partial charge in [-0.3, -0.25) is 0 Å². The number of aromatic amines is 1. The van der Waals surface area contributed by atoms with E-state index in [1.165, 1.54) is 0 Å². The summed E-state index contributed by atoms with van der Waals surface area (Å²) < 4.78 is 11.4. The smallest absolute Gasteiger partial charge is 0.161 e. The fraction of sp³-hybridized carbons (Fsp3) is 0.400. The van der Waals surface area contributed by atoms with Crippen LogP contribution in [-0.4, -0.2) is 23.2 Å². The molecule has 4 rings (SSSR count). The van der Waals surface area contributed by atoms with Crippen molar-refractivity contribution in [3.05, 3.63) is 30.2 Å². The van der Waals surface area contributed by atoms with Crippen LogP contribution in [0, 0.1) is 0 Å². The summed E-state index contributed by atoms with van der Waals surface area (Å²) in [6.45, 7) is 1.40. The van der Waals surface area contributed by atoms with Crippen molar-refractivity contribution in [1.82, 2.24) is 9.97 Å². The first-order valence-corrected chi connectivity index (χ1v) is 6.99. The first kappa shape index (κ1) is 11.8. The predicted molar refractivity (Wildman–Crippen MR) is 74.7 cm³/mol. The molecule has 2 aromatic rings. The lowest BCUT2D eigenvalue weighted by atomic mass is 10.1. The lowest BCUT2D eigenvalue weighted by Gasteiger charge is -2.08. The number of nitrogens with zero attached hydrogens (tertiary/aromatic N) is 1. The molecule has 2 aliphatic rings. The number of ether oxygens (including phenoxy) is 2. The van der Waals surface area contributed by atoms with Crippen LogP contribution < -0.4 is 15.2 Å². The molecule has 1 aromatic heterocycles. The average molecular weight is 271 g/mol. The second-order valence-corrected chi connectivity index (χ2v) is 5.51. The quantitative estimate of drug-likeness (QED) is 0.878. The van der Waals surface area contributed by atoms with E-state index in [2.05, 4.69) is 9.97 Å². The van der Waals surface area contributed by atoms with Gasteiger partial charge in [-0.05, 0) is 31.0 Å². The Morgan fingerprint density at radius 3 is 2.75 bits per heavy atom. The molecule has 0 bridgehead atoms. The van der Waals surface area contributed by atoms with Gasteiger partial charge in [0.25, 0.3) is 0 Å². The third-order valence-corrected chi connectivity index (χ3v) is 3.89. The lowest BCUT2D eigenvalue weighted by Crippen LogP contribution is -2.20. The number of hydrogen-bond acceptors (Lipinski definition) is 4. The summed E-state index contributed by atoms with van der Waals surface area (Å²) in [5.41, 5.74) is 7.92. The van der Waals surface area contributed by atoms with Crippen molar-refractivity contribution in [3.8, 4) is 22.8 Å². The van der Waals surface area contributed by atoms with Gasteiger partial charge in [-0.1, -0.05) is 0 Å². The molecule has 5 nitrogen and oxygen atoms in total. The van der Waals surface area contributed by atoms with Crippen molar-refractivity contribution < 1.29 is 9.47 Å². The van der Waals surface area contributed by atoms with Crippen LogP contribution in [0.15, 0.2) is 24.4 Å². The molecule has 1 saturated carbocycles. The van der Waals surface area contributed by atoms with Crippen molar-refractivity contribution in [2.75, 3.05) is 13.2 Å². The van der Waals surface area contributed by atoms with Gasteiger partial charge in [-0.25, -0.2) is 4.98 Å². The summed E-state index contributed by atoms with van der Waals surface area (Å²) in [5.74, 6) is 2.48. The molecule has 1 fully saturated rings. The van der Waals surface area contributed by atoms with E-state index in [-0.39, 0.29) is 5.54 Å². The molecule has 1 aromatic carbocycles. The number of aromatic nitrogens is 2. The molecule has 0 unspecified atom stereocenters. The molecule has 1 aliphatic heterocycles. The number of nitrogens with one attached hydrogen (secondary N) is 1. The van der Waals surface area contributed by atoms with E-state index in [1.54, 1.807) is 0 Å². The standard InChI is InChI=1S/C15H17N3O2/c16-15(4-5-15)14-17-9-11(18-14)10-2-3-12-13(8-10)20-7-1-6-19-12/h2-3,8-9H,1,4-7,16H2,(H,17,18). The summed E-state index contributed by atoms with van der Waals surface area (Å²) in [6.07, 6.45) is 4.75. The number of hydrogen-bond donors (Lipinski definition) is 2. The van der Waals surface area contributed by atoms with E-state index in [9.17, 15) is 0 Å². The molecule has 0 radical (unpaired) electrons. The van der Waals surface area contributed by atoms with E-state index in [0.29, 0.717) is 13.2 Å². The minimum atomic E-state index is -0.233. The van der Waals surface area contributed by atoms with Gasteiger partial charge in [-0.2, -0.15) is 0 Å². The maximum Gasteiger partial charge on any atom is 0.161 e. The zero-order valence-electron chi connectivity index (χ0n) is 11.2. The van der Waals surface area contributed by atoms with Crippen molar-refractivity contribution >= 4 is 0 Å². The monoisotopic (exact) mass is 271 g/mol. The summed E-state index contributed by atoms with van der Waals surface area (Å²) >= 11 is 0. The largest absolute Gasteiger partial charge is 0.490 e. The molecular formula is C15H17N3O2. The highest BCUT2D eigenvalue weighted by Gasteiger charge is 2.42. The minimum absolute atomic E-state index is 0.233. The number of fused-ring (bicyclic) bond motifs is 1. The summed E-state index contributed by atoms with van der Waals surface area (Å²) in [5, 5.41) is 0. The van der Waals surface area contributed by atoms with E-state index in [1.807, 2.05) is 24.4 Å². The number of imidazole rings is 1. The van der Waals surface area contributed by atoms with Crippen molar-refractivity contribution in [2.24, 2.45) is 5.73 Å². The zero-order valence-corrected chi connectivity index (χ0v) is 11.2. The van der Waals surface area contributed by atoms with Crippen molar-refractivity contribution in [1.29, 1.82) is 0 Å². The van der Waals surface area contributed by atoms with Crippen molar-refractivity contribution in [2.45, 2.75) is 24.8 Å². The third kappa shape index (κ3) is 1.94. The second-order valence-electron chi connectivity index (χ2n) is 5.51. The minimum Gasteiger partial charge on any atom is -0.490 e. The molecule has 1 aliphatic carbocycles. The highest BCUT2D eigenvalue weighted by molar-refractivity contribution is 5.64. The molecule has 104 valence electrons. The first-order chi connectivity index (χ1) is 9.74. The summed E-state index contributed by atoms with van der Waals surface area (Å²) in [6, 6.07) is 5.96. The van der Waals surface area contributed by atoms with Gasteiger partial charge >= 0.3 is 0 Å². The van der Waals surface area contributed by atoms with Crippen LogP contribution in [0.25, 0.3) is 11.3 Å². The topological polar surface area (TPSA) is 73.2 Å². The maximum absolute atomic E-state index is 6.15. The molecular weight excluding hydrogens is 254 g/mol. The molecule has 3 N–H and O–H groups in total. The Hall–Kier alpha value is -2.01. The van der Waals surface area contributed by atoms with Gasteiger partial charge in [0.05, 0.1) is 30.6 Å². The van der Waals surface area contributed by atoms with E-state index < -0.39 is 0 Å². The van der Waals surface area contributed by atoms with Gasteiger partial charge < -0.3 is 20.2 Å². The number of nitrogens with two attached hydrogens (primary N) is 1. The Kier molecular flexibility index (Phi) is 2.50. The Balaban J connectivity index is 1.68. The second kappa shape index (κ2) is 4.24. The number of H-pyrrole nitrogens is 1. The number of rotatable bonds is 2. The van der Waals surface area contributed by atoms with Crippen LogP contribution in [0.1, 0.15) is 25.1 Å². The fourth-order valence-electron chi connectivity index (χ4n) is 2.42. The number of benzene rings is 1. The van der Waals surface area contributed by atoms with Crippen LogP contribution >= 0.6 is 0 Å². The molecule has 5 heteroatoms. The molecule has 20 heavy (non-hydrogen) atoms. The van der Waals surface area contributed by atoms with Gasteiger partial charge in [0.1, 0.15) is 5.82 Å². The highest BCUT2D eigenvalue weighted by Crippen LogP contribution is 2.42. The fourth-order valence-corrected chi connectivity index (χ4v) is 2.42. The maximum atomic E-state index is 6.15. The normalized spacial score (nSPS) is 19.4. The van der Waals surface area contributed by atoms with Crippen LogP contribution in [0.3, 0.4) is 0 Å². The van der Waals surface area contributed by atoms with E-state index in [4.69, 9.17) is 15.2 Å². The van der Waals surface area contributed by atoms with Crippen LogP contribution in [0.5, 0.6) is 11.5 Å². The Morgan fingerprint density at radius 2 is 1.95 bits per heavy atom. The Morgan fingerprint density at radius 1 is 1.15 bits per heavy atom. The average Bonchev–Trinajstić information content (AvgIpc) is 3.08. The first-order valence-electron chi connectivity index (χ1n) is 6.99. The third-order valence-electron chi connectivity index (χ3n) is 3.89. The van der Waals surface area contributed by atoms with E-state index in [0.717, 1.165) is 47.8 Å². The summed E-state index contributed by atoms with van der Waals surface area (Å²) in [7, 11) is 0. The molecule has 0 spiro atoms. The van der Waals surface area contributed by atoms with Gasteiger partial charge in [0, 0.05) is 12.0 Å². The van der Waals surface area contributed by atoms with Gasteiger partial charge in [0.2, 0.25) is 0 Å². The van der Waals surface area contributed by atoms with Crippen molar-refractivity contribution in [3.63, 3.8) is 0 Å². The lowest BCUT2D eigenvalue weighted by molar-refractivity contribution is 0.297. The van der Waals surface area contributed by atoms with Gasteiger partial charge in [-0.15, -0.1) is 0 Å². The highest BCUT2D eigenvalue weighted by atomic mass is 16.5. The predicted octanol–water partition coefficient (Wildman–Crippen LogP) is 2.19.